The van der Waals surface area contributed by atoms with Crippen molar-refractivity contribution in [1.82, 2.24) is 0 Å². The van der Waals surface area contributed by atoms with E-state index < -0.39 is 31.8 Å². The Morgan fingerprint density at radius 1 is 0.246 bits per heavy atom. The summed E-state index contributed by atoms with van der Waals surface area (Å²) < 4.78 is 0. The molecule has 0 aliphatic carbocycles. The van der Waals surface area contributed by atoms with E-state index in [2.05, 4.69) is 76.6 Å². The third kappa shape index (κ3) is 77.9. The summed E-state index contributed by atoms with van der Waals surface area (Å²) >= 11 is 18.4. The maximum absolute atomic E-state index is 8.78. The molecule has 0 unspecified atom stereocenters. The van der Waals surface area contributed by atoms with Gasteiger partial charge in [0.1, 0.15) is 0 Å². The van der Waals surface area contributed by atoms with Gasteiger partial charge < -0.3 is 40.9 Å². The molecule has 0 aliphatic rings. The minimum atomic E-state index is -1.11. The molecule has 0 aromatic carbocycles. The Labute approximate surface area is 424 Å². The van der Waals surface area contributed by atoms with Gasteiger partial charge in [-0.3, -0.25) is 0 Å². The zero-order valence-corrected chi connectivity index (χ0v) is 46.1. The molecule has 0 aliphatic heterocycles. The van der Waals surface area contributed by atoms with E-state index in [1.54, 1.807) is 0 Å². The normalized spacial score (nSPS) is 10.6. The lowest BCUT2D eigenvalue weighted by Crippen LogP contribution is -2.37. The maximum atomic E-state index is 8.78. The Morgan fingerprint density at radius 2 is 0.369 bits per heavy atom. The van der Waals surface area contributed by atoms with Crippen LogP contribution >= 0.6 is 48.9 Å². The molecule has 8 N–H and O–H groups in total. The van der Waals surface area contributed by atoms with Gasteiger partial charge in [-0.2, -0.15) is 0 Å². The van der Waals surface area contributed by atoms with Crippen molar-refractivity contribution in [2.45, 2.75) is 285 Å². The van der Waals surface area contributed by atoms with Crippen molar-refractivity contribution in [3.8, 4) is 0 Å². The fourth-order valence-electron chi connectivity index (χ4n) is 6.65. The first-order valence-electron chi connectivity index (χ1n) is 26.6. The van der Waals surface area contributed by atoms with Crippen LogP contribution in [-0.2, 0) is 0 Å². The number of aliphatic hydroxyl groups excluding tert-OH is 8. The molecule has 0 atom stereocenters. The summed E-state index contributed by atoms with van der Waals surface area (Å²) in [4.78, 5) is 0. The summed E-state index contributed by atoms with van der Waals surface area (Å²) in [6, 6.07) is 0. The van der Waals surface area contributed by atoms with Gasteiger partial charge in [-0.25, -0.2) is 0 Å². The third-order valence-corrected chi connectivity index (χ3v) is 12.1. The fraction of sp³-hybridized carbons (Fsp3) is 0.925. The molecule has 65 heavy (non-hydrogen) atoms. The first kappa shape index (κ1) is 73.4. The highest BCUT2D eigenvalue weighted by molar-refractivity contribution is 7.80. The average molecular weight is 1000 g/mol. The van der Waals surface area contributed by atoms with Crippen LogP contribution in [0, 0.1) is 5.41 Å². The molecule has 0 aromatic rings. The van der Waals surface area contributed by atoms with Gasteiger partial charge >= 0.3 is 0 Å². The molecule has 8 nitrogen and oxygen atoms in total. The Balaban J connectivity index is -0.000000232. The molecule has 0 saturated carbocycles. The molecule has 0 heterocycles. The smallest absolute Gasteiger partial charge is 0.156 e. The van der Waals surface area contributed by atoms with Crippen molar-refractivity contribution in [2.24, 2.45) is 5.41 Å². The van der Waals surface area contributed by atoms with Crippen molar-refractivity contribution >= 4 is 69.1 Å². The zero-order valence-electron chi connectivity index (χ0n) is 42.8. The topological polar surface area (TPSA) is 162 Å². The van der Waals surface area contributed by atoms with Gasteiger partial charge in [-0.05, 0) is 74.6 Å². The average Bonchev–Trinajstić information content (AvgIpc) is 3.28. The van der Waals surface area contributed by atoms with Crippen LogP contribution in [0.5, 0.6) is 0 Å². The van der Waals surface area contributed by atoms with E-state index in [0.717, 1.165) is 25.7 Å². The first-order valence-corrected chi connectivity index (χ1v) is 28.3. The van der Waals surface area contributed by atoms with E-state index in [9.17, 15) is 0 Å². The largest absolute Gasteiger partial charge is 0.502 e. The van der Waals surface area contributed by atoms with Crippen molar-refractivity contribution in [3.63, 3.8) is 0 Å². The minimum Gasteiger partial charge on any atom is -0.502 e. The van der Waals surface area contributed by atoms with Crippen LogP contribution in [0.1, 0.15) is 285 Å². The summed E-state index contributed by atoms with van der Waals surface area (Å²) in [6.07, 6.45) is 50.1. The molecule has 0 aromatic heterocycles. The lowest BCUT2D eigenvalue weighted by molar-refractivity contribution is -0.0328. The Morgan fingerprint density at radius 3 is 0.462 bits per heavy atom. The lowest BCUT2D eigenvalue weighted by atomic mass is 9.93. The summed E-state index contributed by atoms with van der Waals surface area (Å²) in [5, 5.41) is 69.8. The van der Waals surface area contributed by atoms with Gasteiger partial charge in [0.25, 0.3) is 0 Å². The van der Waals surface area contributed by atoms with Crippen LogP contribution in [0.15, 0.2) is 0 Å². The van der Waals surface area contributed by atoms with E-state index in [1.165, 1.54) is 205 Å². The van der Waals surface area contributed by atoms with Crippen LogP contribution in [0.2, 0.25) is 0 Å². The monoisotopic (exact) mass is 1000 g/mol. The van der Waals surface area contributed by atoms with Crippen LogP contribution < -0.4 is 0 Å². The highest BCUT2D eigenvalue weighted by atomic mass is 32.1. The van der Waals surface area contributed by atoms with Crippen molar-refractivity contribution in [1.29, 1.82) is 0 Å². The van der Waals surface area contributed by atoms with E-state index in [-0.39, 0.29) is 20.2 Å². The highest BCUT2D eigenvalue weighted by Crippen LogP contribution is 2.14. The molecular formula is C53H108O8S4. The molecule has 12 heteroatoms. The van der Waals surface area contributed by atoms with Gasteiger partial charge in [-0.15, -0.1) is 0 Å². The predicted octanol–water partition coefficient (Wildman–Crippen LogP) is 17.1. The summed E-state index contributed by atoms with van der Waals surface area (Å²) in [5.74, 6) is 0. The highest BCUT2D eigenvalue weighted by Gasteiger charge is 2.26. The molecule has 0 amide bonds. The van der Waals surface area contributed by atoms with E-state index >= 15 is 0 Å². The number of hydrogen-bond acceptors (Lipinski definition) is 8. The van der Waals surface area contributed by atoms with Crippen LogP contribution in [0.25, 0.3) is 0 Å². The molecule has 0 saturated heterocycles. The second kappa shape index (κ2) is 65.5. The Kier molecular flexibility index (Phi) is 73.9. The van der Waals surface area contributed by atoms with Gasteiger partial charge in [0.05, 0.1) is 31.8 Å². The number of unbranched alkanes of at least 4 members (excludes halogenated alkanes) is 32. The molecule has 0 fully saturated rings. The lowest BCUT2D eigenvalue weighted by Gasteiger charge is -2.23. The Hall–Kier alpha value is -0.600. The number of aliphatic hydroxyl groups is 8. The molecule has 392 valence electrons. The van der Waals surface area contributed by atoms with Crippen LogP contribution in [0.3, 0.4) is 0 Å². The van der Waals surface area contributed by atoms with E-state index in [4.69, 9.17) is 40.9 Å². The van der Waals surface area contributed by atoms with Gasteiger partial charge in [0.2, 0.25) is 0 Å². The second-order valence-corrected chi connectivity index (χ2v) is 19.9. The van der Waals surface area contributed by atoms with Crippen LogP contribution in [0.4, 0.5) is 0 Å². The minimum absolute atomic E-state index is 0.174. The molecule has 0 bridgehead atoms. The van der Waals surface area contributed by atoms with Crippen molar-refractivity contribution < 1.29 is 40.9 Å². The number of thiocarbonyl (C=S) groups is 4. The zero-order chi connectivity index (χ0) is 49.9. The van der Waals surface area contributed by atoms with E-state index in [1.807, 2.05) is 0 Å². The second-order valence-electron chi connectivity index (χ2n) is 18.0. The maximum Gasteiger partial charge on any atom is 0.156 e. The summed E-state index contributed by atoms with van der Waals surface area (Å²) in [6.45, 7) is 7.37. The molecule has 0 rings (SSSR count). The summed E-state index contributed by atoms with van der Waals surface area (Å²) in [5.41, 5.74) is -1.11. The molecular weight excluding hydrogens is 893 g/mol. The molecule has 0 radical (unpaired) electrons. The van der Waals surface area contributed by atoms with Crippen molar-refractivity contribution in [3.05, 3.63) is 0 Å². The van der Waals surface area contributed by atoms with E-state index in [0.29, 0.717) is 25.7 Å². The van der Waals surface area contributed by atoms with Gasteiger partial charge in [0.15, 0.2) is 20.2 Å². The number of hydrogen-bond donors (Lipinski definition) is 8. The SMILES string of the molecule is CCCCCCCCCCCC(O)=S.CCCCCCCCCCCC(O)=S.CCCCCCCCCCCC(O)=S.CCCCCCCCCCCC(O)=S.OCC(CO)(CO)CO. The predicted molar refractivity (Wildman–Crippen MR) is 299 cm³/mol. The quantitative estimate of drug-likeness (QED) is 0.0216. The Bertz CT molecular complexity index is 807. The molecule has 0 spiro atoms. The number of rotatable bonds is 44. The van der Waals surface area contributed by atoms with Crippen LogP contribution in [-0.4, -0.2) is 87.5 Å². The van der Waals surface area contributed by atoms with Crippen molar-refractivity contribution in [2.75, 3.05) is 26.4 Å². The standard InChI is InChI=1S/4C12H24OS.C5H12O4/c4*1-2-3-4-5-6-7-8-9-10-11-12(13)14;6-1-5(2-7,3-8)4-9/h4*2-11H2,1H3,(H,13,14);6-9H,1-4H2. The van der Waals surface area contributed by atoms with Gasteiger partial charge in [0, 0.05) is 25.7 Å². The fourth-order valence-corrected chi connectivity index (χ4v) is 7.22. The van der Waals surface area contributed by atoms with Gasteiger partial charge in [-0.1, -0.05) is 233 Å². The summed E-state index contributed by atoms with van der Waals surface area (Å²) in [7, 11) is 0. The third-order valence-electron chi connectivity index (χ3n) is 11.3. The first-order chi connectivity index (χ1) is 31.3.